The van der Waals surface area contributed by atoms with Gasteiger partial charge in [0.25, 0.3) is 0 Å². The van der Waals surface area contributed by atoms with Crippen LogP contribution in [0, 0.1) is 5.82 Å². The maximum Gasteiger partial charge on any atom is 0.224 e. The Bertz CT molecular complexity index is 1050. The van der Waals surface area contributed by atoms with E-state index in [0.717, 1.165) is 38.1 Å². The monoisotopic (exact) mass is 445 g/mol. The Morgan fingerprint density at radius 1 is 1.12 bits per heavy atom. The van der Waals surface area contributed by atoms with Crippen LogP contribution in [-0.4, -0.2) is 77.7 Å². The number of hydrogen-bond donors (Lipinski definition) is 3. The molecule has 11 nitrogen and oxygen atoms in total. The van der Waals surface area contributed by atoms with Crippen molar-refractivity contribution >= 4 is 28.5 Å². The molecule has 3 aromatic rings. The van der Waals surface area contributed by atoms with Crippen LogP contribution in [0.25, 0.3) is 11.0 Å². The zero-order valence-electron chi connectivity index (χ0n) is 18.0. The number of rotatable bonds is 9. The summed E-state index contributed by atoms with van der Waals surface area (Å²) in [6.45, 7) is 5.39. The van der Waals surface area contributed by atoms with Crippen LogP contribution in [-0.2, 0) is 11.3 Å². The van der Waals surface area contributed by atoms with E-state index >= 15 is 0 Å². The van der Waals surface area contributed by atoms with E-state index in [1.54, 1.807) is 30.1 Å². The molecule has 2 aromatic heterocycles. The molecule has 0 bridgehead atoms. The summed E-state index contributed by atoms with van der Waals surface area (Å²) in [6.07, 6.45) is 1.67. The lowest BCUT2D eigenvalue weighted by atomic mass is 10.2. The Morgan fingerprint density at radius 2 is 1.94 bits per heavy atom. The molecule has 0 aliphatic carbocycles. The van der Waals surface area contributed by atoms with Gasteiger partial charge in [0.05, 0.1) is 30.4 Å². The highest BCUT2D eigenvalue weighted by Gasteiger charge is 2.20. The number of hydrogen-bond acceptors (Lipinski definition) is 10. The normalized spacial score (nSPS) is 14.8. The summed E-state index contributed by atoms with van der Waals surface area (Å²) in [5.74, 6) is 6.32. The highest BCUT2D eigenvalue weighted by atomic mass is 19.1. The predicted octanol–water partition coefficient (Wildman–Crippen LogP) is 0.681. The van der Waals surface area contributed by atoms with E-state index in [9.17, 15) is 4.39 Å². The van der Waals surface area contributed by atoms with Gasteiger partial charge in [-0.2, -0.15) is 15.1 Å². The van der Waals surface area contributed by atoms with Crippen molar-refractivity contribution in [3.8, 4) is 5.75 Å². The van der Waals surface area contributed by atoms with Gasteiger partial charge in [0.15, 0.2) is 11.5 Å². The van der Waals surface area contributed by atoms with E-state index in [0.29, 0.717) is 42.7 Å². The fourth-order valence-corrected chi connectivity index (χ4v) is 3.77. The summed E-state index contributed by atoms with van der Waals surface area (Å²) in [5.41, 5.74) is 9.53. The molecule has 32 heavy (non-hydrogen) atoms. The Labute approximate surface area is 185 Å². The number of nitrogens with zero attached hydrogens (tertiary/aromatic N) is 6. The standard InChI is InChI=1S/C20H28FN9O2/c1-31-10-11-32-14-2-3-17(16(21)12-14)29-7-4-28(5-8-29)6-9-30-19-15(13-24-30)18(27-23)25-20(22)26-19/h2-3,12-13H,4-11,23H2,1H3,(H3,22,25,26,27). The number of piperazine rings is 1. The smallest absolute Gasteiger partial charge is 0.224 e. The molecule has 5 N–H and O–H groups in total. The average molecular weight is 446 g/mol. The van der Waals surface area contributed by atoms with Gasteiger partial charge in [-0.1, -0.05) is 0 Å². The molecule has 1 fully saturated rings. The second-order valence-electron chi connectivity index (χ2n) is 7.46. The lowest BCUT2D eigenvalue weighted by Crippen LogP contribution is -2.47. The van der Waals surface area contributed by atoms with Gasteiger partial charge in [-0.25, -0.2) is 14.9 Å². The topological polar surface area (TPSA) is 133 Å². The van der Waals surface area contributed by atoms with Crippen LogP contribution in [0.15, 0.2) is 24.4 Å². The summed E-state index contributed by atoms with van der Waals surface area (Å²) in [6, 6.07) is 5.00. The SMILES string of the molecule is COCCOc1ccc(N2CCN(CCn3ncc4c(NN)nc(N)nc43)CC2)c(F)c1. The van der Waals surface area contributed by atoms with Crippen LogP contribution in [0.1, 0.15) is 0 Å². The number of nitrogens with one attached hydrogen (secondary N) is 1. The number of methoxy groups -OCH3 is 1. The summed E-state index contributed by atoms with van der Waals surface area (Å²) in [7, 11) is 1.60. The molecule has 12 heteroatoms. The maximum atomic E-state index is 14.6. The minimum Gasteiger partial charge on any atom is -0.491 e. The second-order valence-corrected chi connectivity index (χ2v) is 7.46. The first kappa shape index (κ1) is 22.0. The number of benzene rings is 1. The van der Waals surface area contributed by atoms with Crippen molar-refractivity contribution in [1.82, 2.24) is 24.6 Å². The van der Waals surface area contributed by atoms with Crippen LogP contribution < -0.4 is 26.6 Å². The highest BCUT2D eigenvalue weighted by molar-refractivity contribution is 5.87. The number of aromatic nitrogens is 4. The Morgan fingerprint density at radius 3 is 2.66 bits per heavy atom. The molecule has 0 radical (unpaired) electrons. The lowest BCUT2D eigenvalue weighted by molar-refractivity contribution is 0.146. The van der Waals surface area contributed by atoms with Crippen molar-refractivity contribution < 1.29 is 13.9 Å². The third kappa shape index (κ3) is 4.82. The largest absolute Gasteiger partial charge is 0.491 e. The first-order valence-corrected chi connectivity index (χ1v) is 10.4. The highest BCUT2D eigenvalue weighted by Crippen LogP contribution is 2.25. The van der Waals surface area contributed by atoms with E-state index in [4.69, 9.17) is 21.1 Å². The molecule has 172 valence electrons. The van der Waals surface area contributed by atoms with Crippen molar-refractivity contribution in [3.63, 3.8) is 0 Å². The molecule has 1 aliphatic heterocycles. The molecular weight excluding hydrogens is 417 g/mol. The number of halogens is 1. The molecule has 1 aliphatic rings. The summed E-state index contributed by atoms with van der Waals surface area (Å²) in [5, 5.41) is 5.11. The third-order valence-electron chi connectivity index (χ3n) is 5.47. The van der Waals surface area contributed by atoms with Crippen molar-refractivity contribution in [2.75, 3.05) is 69.1 Å². The van der Waals surface area contributed by atoms with E-state index in [2.05, 4.69) is 30.3 Å². The molecule has 0 amide bonds. The van der Waals surface area contributed by atoms with Crippen molar-refractivity contribution in [1.29, 1.82) is 0 Å². The summed E-state index contributed by atoms with van der Waals surface area (Å²) < 4.78 is 26.8. The molecule has 0 saturated carbocycles. The van der Waals surface area contributed by atoms with Gasteiger partial charge >= 0.3 is 0 Å². The predicted molar refractivity (Wildman–Crippen MR) is 120 cm³/mol. The third-order valence-corrected chi connectivity index (χ3v) is 5.47. The van der Waals surface area contributed by atoms with Gasteiger partial charge < -0.3 is 25.5 Å². The molecular formula is C20H28FN9O2. The molecule has 0 spiro atoms. The van der Waals surface area contributed by atoms with Gasteiger partial charge in [-0.3, -0.25) is 4.90 Å². The fourth-order valence-electron chi connectivity index (χ4n) is 3.77. The lowest BCUT2D eigenvalue weighted by Gasteiger charge is -2.36. The Hall–Kier alpha value is -3.22. The van der Waals surface area contributed by atoms with E-state index in [1.807, 2.05) is 0 Å². The van der Waals surface area contributed by atoms with Gasteiger partial charge in [0.1, 0.15) is 18.2 Å². The van der Waals surface area contributed by atoms with E-state index < -0.39 is 0 Å². The number of nitrogen functional groups attached to an aromatic ring is 2. The molecule has 1 aromatic carbocycles. The van der Waals surface area contributed by atoms with Crippen molar-refractivity contribution in [2.45, 2.75) is 6.54 Å². The minimum absolute atomic E-state index is 0.137. The van der Waals surface area contributed by atoms with Crippen LogP contribution in [0.4, 0.5) is 21.8 Å². The summed E-state index contributed by atoms with van der Waals surface area (Å²) in [4.78, 5) is 12.7. The molecule has 3 heterocycles. The van der Waals surface area contributed by atoms with Crippen molar-refractivity contribution in [2.24, 2.45) is 5.84 Å². The van der Waals surface area contributed by atoms with Gasteiger partial charge in [0.2, 0.25) is 5.95 Å². The van der Waals surface area contributed by atoms with Crippen LogP contribution in [0.2, 0.25) is 0 Å². The molecule has 1 saturated heterocycles. The van der Waals surface area contributed by atoms with Crippen LogP contribution >= 0.6 is 0 Å². The molecule has 0 atom stereocenters. The second kappa shape index (κ2) is 9.94. The number of hydrazine groups is 1. The quantitative estimate of drug-likeness (QED) is 0.245. The van der Waals surface area contributed by atoms with E-state index in [-0.39, 0.29) is 11.8 Å². The fraction of sp³-hybridized carbons (Fsp3) is 0.450. The van der Waals surface area contributed by atoms with Crippen molar-refractivity contribution in [3.05, 3.63) is 30.2 Å². The summed E-state index contributed by atoms with van der Waals surface area (Å²) >= 11 is 0. The molecule has 4 rings (SSSR count). The van der Waals surface area contributed by atoms with Gasteiger partial charge in [0, 0.05) is 45.9 Å². The number of ether oxygens (including phenoxy) is 2. The first-order chi connectivity index (χ1) is 15.6. The number of nitrogens with two attached hydrogens (primary N) is 2. The molecule has 0 unspecified atom stereocenters. The van der Waals surface area contributed by atoms with Gasteiger partial charge in [-0.15, -0.1) is 0 Å². The minimum atomic E-state index is -0.280. The van der Waals surface area contributed by atoms with Crippen LogP contribution in [0.3, 0.4) is 0 Å². The van der Waals surface area contributed by atoms with Crippen LogP contribution in [0.5, 0.6) is 5.75 Å². The van der Waals surface area contributed by atoms with E-state index in [1.165, 1.54) is 6.07 Å². The average Bonchev–Trinajstić information content (AvgIpc) is 3.20. The number of anilines is 3. The van der Waals surface area contributed by atoms with Gasteiger partial charge in [-0.05, 0) is 12.1 Å². The zero-order chi connectivity index (χ0) is 22.5. The Kier molecular flexibility index (Phi) is 6.83. The zero-order valence-corrected chi connectivity index (χ0v) is 18.0. The first-order valence-electron chi connectivity index (χ1n) is 10.4. The Balaban J connectivity index is 1.32. The maximum absolute atomic E-state index is 14.6. The number of fused-ring (bicyclic) bond motifs is 1.